The van der Waals surface area contributed by atoms with Crippen LogP contribution in [0, 0.1) is 11.8 Å². The summed E-state index contributed by atoms with van der Waals surface area (Å²) in [7, 11) is 0. The van der Waals surface area contributed by atoms with Crippen molar-refractivity contribution in [3.63, 3.8) is 0 Å². The van der Waals surface area contributed by atoms with E-state index in [1.807, 2.05) is 12.2 Å². The Balaban J connectivity index is 1.91. The van der Waals surface area contributed by atoms with Gasteiger partial charge < -0.3 is 0 Å². The number of nitrogens with zero attached hydrogens (tertiary/aromatic N) is 1. The van der Waals surface area contributed by atoms with E-state index in [-0.39, 0.29) is 29.3 Å². The van der Waals surface area contributed by atoms with E-state index in [9.17, 15) is 22.8 Å². The molecule has 1 aromatic carbocycles. The Hall–Kier alpha value is -2.11. The SMILES string of the molecule is O=C1[C@H]2CC=CC[C@H]2C(=O)N1c1ccc(C(F)(F)F)cc1. The number of alkyl halides is 3. The first-order valence-corrected chi connectivity index (χ1v) is 6.59. The third kappa shape index (κ3) is 2.24. The number of anilines is 1. The number of hydrogen-bond acceptors (Lipinski definition) is 2. The summed E-state index contributed by atoms with van der Waals surface area (Å²) >= 11 is 0. The van der Waals surface area contributed by atoms with Gasteiger partial charge in [0.1, 0.15) is 0 Å². The van der Waals surface area contributed by atoms with Gasteiger partial charge in [-0.1, -0.05) is 12.2 Å². The molecule has 1 aromatic rings. The number of allylic oxidation sites excluding steroid dienone is 2. The zero-order valence-corrected chi connectivity index (χ0v) is 10.9. The lowest BCUT2D eigenvalue weighted by atomic mass is 9.85. The summed E-state index contributed by atoms with van der Waals surface area (Å²) in [5.41, 5.74) is -0.600. The van der Waals surface area contributed by atoms with Crippen molar-refractivity contribution >= 4 is 17.5 Å². The minimum atomic E-state index is -4.44. The molecule has 1 aliphatic carbocycles. The molecule has 1 fully saturated rings. The second-order valence-corrected chi connectivity index (χ2v) is 5.21. The molecule has 2 aliphatic rings. The van der Waals surface area contributed by atoms with Crippen LogP contribution in [-0.2, 0) is 15.8 Å². The smallest absolute Gasteiger partial charge is 0.274 e. The Labute approximate surface area is 119 Å². The highest BCUT2D eigenvalue weighted by Crippen LogP contribution is 2.38. The zero-order valence-electron chi connectivity index (χ0n) is 10.9. The monoisotopic (exact) mass is 295 g/mol. The van der Waals surface area contributed by atoms with Crippen LogP contribution in [0.2, 0.25) is 0 Å². The second-order valence-electron chi connectivity index (χ2n) is 5.21. The summed E-state index contributed by atoms with van der Waals surface area (Å²) in [5, 5.41) is 0. The standard InChI is InChI=1S/C15H12F3NO2/c16-15(17,18)9-5-7-10(8-6-9)19-13(20)11-3-1-2-4-12(11)14(19)21/h1-2,5-8,11-12H,3-4H2/t11-,12+. The average molecular weight is 295 g/mol. The number of benzene rings is 1. The van der Waals surface area contributed by atoms with E-state index in [0.29, 0.717) is 12.8 Å². The van der Waals surface area contributed by atoms with Gasteiger partial charge in [-0.2, -0.15) is 13.2 Å². The van der Waals surface area contributed by atoms with E-state index in [2.05, 4.69) is 0 Å². The van der Waals surface area contributed by atoms with Gasteiger partial charge in [0.15, 0.2) is 0 Å². The summed E-state index contributed by atoms with van der Waals surface area (Å²) in [4.78, 5) is 25.6. The normalized spacial score (nSPS) is 25.4. The van der Waals surface area contributed by atoms with Crippen LogP contribution in [0.5, 0.6) is 0 Å². The highest BCUT2D eigenvalue weighted by atomic mass is 19.4. The maximum Gasteiger partial charge on any atom is 0.416 e. The van der Waals surface area contributed by atoms with Crippen molar-refractivity contribution in [2.75, 3.05) is 4.90 Å². The fourth-order valence-electron chi connectivity index (χ4n) is 2.85. The van der Waals surface area contributed by atoms with Crippen molar-refractivity contribution in [2.24, 2.45) is 11.8 Å². The van der Waals surface area contributed by atoms with E-state index in [1.54, 1.807) is 0 Å². The van der Waals surface area contributed by atoms with Crippen LogP contribution < -0.4 is 4.90 Å². The fraction of sp³-hybridized carbons (Fsp3) is 0.333. The van der Waals surface area contributed by atoms with Gasteiger partial charge in [0.25, 0.3) is 0 Å². The summed E-state index contributed by atoms with van der Waals surface area (Å²) in [6.45, 7) is 0. The number of carbonyl (C=O) groups is 2. The first-order chi connectivity index (χ1) is 9.89. The van der Waals surface area contributed by atoms with Gasteiger partial charge in [-0.05, 0) is 37.1 Å². The molecule has 1 heterocycles. The zero-order chi connectivity index (χ0) is 15.2. The van der Waals surface area contributed by atoms with Crippen molar-refractivity contribution in [3.05, 3.63) is 42.0 Å². The van der Waals surface area contributed by atoms with Gasteiger partial charge in [-0.15, -0.1) is 0 Å². The Bertz CT molecular complexity index is 593. The summed E-state index contributed by atoms with van der Waals surface area (Å²) in [6.07, 6.45) is 0.305. The molecule has 0 N–H and O–H groups in total. The van der Waals surface area contributed by atoms with E-state index >= 15 is 0 Å². The molecule has 3 nitrogen and oxygen atoms in total. The molecule has 1 aliphatic heterocycles. The highest BCUT2D eigenvalue weighted by molar-refractivity contribution is 6.22. The van der Waals surface area contributed by atoms with Crippen LogP contribution in [0.4, 0.5) is 18.9 Å². The predicted molar refractivity (Wildman–Crippen MR) is 69.3 cm³/mol. The van der Waals surface area contributed by atoms with E-state index in [0.717, 1.165) is 17.0 Å². The lowest BCUT2D eigenvalue weighted by Gasteiger charge is -2.15. The maximum absolute atomic E-state index is 12.5. The molecule has 3 rings (SSSR count). The molecule has 110 valence electrons. The largest absolute Gasteiger partial charge is 0.416 e. The van der Waals surface area contributed by atoms with Crippen LogP contribution in [0.25, 0.3) is 0 Å². The molecule has 2 atom stereocenters. The quantitative estimate of drug-likeness (QED) is 0.589. The molecular weight excluding hydrogens is 283 g/mol. The molecule has 0 saturated carbocycles. The van der Waals surface area contributed by atoms with Gasteiger partial charge in [0.05, 0.1) is 23.1 Å². The van der Waals surface area contributed by atoms with Crippen LogP contribution >= 0.6 is 0 Å². The minimum Gasteiger partial charge on any atom is -0.274 e. The van der Waals surface area contributed by atoms with Crippen molar-refractivity contribution in [1.29, 1.82) is 0 Å². The van der Waals surface area contributed by atoms with Gasteiger partial charge in [0, 0.05) is 0 Å². The molecule has 21 heavy (non-hydrogen) atoms. The summed E-state index contributed by atoms with van der Waals surface area (Å²) in [6, 6.07) is 4.11. The predicted octanol–water partition coefficient (Wildman–Crippen LogP) is 3.16. The van der Waals surface area contributed by atoms with Crippen molar-refractivity contribution in [1.82, 2.24) is 0 Å². The molecule has 1 saturated heterocycles. The van der Waals surface area contributed by atoms with Gasteiger partial charge in [-0.3, -0.25) is 14.5 Å². The Kier molecular flexibility index (Phi) is 3.11. The van der Waals surface area contributed by atoms with Crippen LogP contribution in [-0.4, -0.2) is 11.8 Å². The molecule has 0 bridgehead atoms. The molecule has 0 spiro atoms. The Morgan fingerprint density at radius 2 is 1.38 bits per heavy atom. The number of rotatable bonds is 1. The average Bonchev–Trinajstić information content (AvgIpc) is 2.71. The number of imide groups is 1. The van der Waals surface area contributed by atoms with Crippen LogP contribution in [0.1, 0.15) is 18.4 Å². The van der Waals surface area contributed by atoms with Gasteiger partial charge >= 0.3 is 6.18 Å². The number of carbonyl (C=O) groups excluding carboxylic acids is 2. The van der Waals surface area contributed by atoms with Gasteiger partial charge in [0.2, 0.25) is 11.8 Å². The van der Waals surface area contributed by atoms with Crippen molar-refractivity contribution in [2.45, 2.75) is 19.0 Å². The minimum absolute atomic E-state index is 0.201. The van der Waals surface area contributed by atoms with Crippen molar-refractivity contribution < 1.29 is 22.8 Å². The Morgan fingerprint density at radius 1 is 0.905 bits per heavy atom. The third-order valence-corrected chi connectivity index (χ3v) is 3.96. The lowest BCUT2D eigenvalue weighted by Crippen LogP contribution is -2.30. The lowest BCUT2D eigenvalue weighted by molar-refractivity contribution is -0.137. The molecule has 6 heteroatoms. The number of amides is 2. The number of fused-ring (bicyclic) bond motifs is 1. The Morgan fingerprint density at radius 3 is 1.81 bits per heavy atom. The summed E-state index contributed by atoms with van der Waals surface area (Å²) < 4.78 is 37.6. The highest BCUT2D eigenvalue weighted by Gasteiger charge is 2.47. The number of hydrogen-bond donors (Lipinski definition) is 0. The number of halogens is 3. The first-order valence-electron chi connectivity index (χ1n) is 6.59. The molecule has 0 unspecified atom stereocenters. The fourth-order valence-corrected chi connectivity index (χ4v) is 2.85. The van der Waals surface area contributed by atoms with Gasteiger partial charge in [-0.25, -0.2) is 0 Å². The first kappa shape index (κ1) is 13.9. The van der Waals surface area contributed by atoms with E-state index in [4.69, 9.17) is 0 Å². The van der Waals surface area contributed by atoms with Crippen LogP contribution in [0.3, 0.4) is 0 Å². The summed E-state index contributed by atoms with van der Waals surface area (Å²) in [5.74, 6) is -1.42. The molecule has 0 radical (unpaired) electrons. The molecular formula is C15H12F3NO2. The van der Waals surface area contributed by atoms with Crippen LogP contribution in [0.15, 0.2) is 36.4 Å². The topological polar surface area (TPSA) is 37.4 Å². The molecule has 0 aromatic heterocycles. The molecule has 2 amide bonds. The van der Waals surface area contributed by atoms with Crippen molar-refractivity contribution in [3.8, 4) is 0 Å². The van der Waals surface area contributed by atoms with E-state index in [1.165, 1.54) is 12.1 Å². The van der Waals surface area contributed by atoms with E-state index < -0.39 is 11.7 Å². The second kappa shape index (κ2) is 4.72. The third-order valence-electron chi connectivity index (χ3n) is 3.96. The maximum atomic E-state index is 12.5.